The van der Waals surface area contributed by atoms with Crippen molar-refractivity contribution in [2.24, 2.45) is 0 Å². The van der Waals surface area contributed by atoms with Crippen molar-refractivity contribution in [2.75, 3.05) is 11.9 Å². The predicted molar refractivity (Wildman–Crippen MR) is 86.6 cm³/mol. The third-order valence-corrected chi connectivity index (χ3v) is 3.35. The van der Waals surface area contributed by atoms with Gasteiger partial charge in [-0.15, -0.1) is 0 Å². The lowest BCUT2D eigenvalue weighted by Crippen LogP contribution is -2.14. The van der Waals surface area contributed by atoms with Crippen LogP contribution in [0.2, 0.25) is 0 Å². The Balaban J connectivity index is 2.20. The number of aldehydes is 1. The number of hydrogen-bond acceptors (Lipinski definition) is 3. The van der Waals surface area contributed by atoms with E-state index in [9.17, 15) is 14.4 Å². The minimum atomic E-state index is 0.0192. The fourth-order valence-electron chi connectivity index (χ4n) is 2.12. The van der Waals surface area contributed by atoms with E-state index in [1.165, 1.54) is 0 Å². The van der Waals surface area contributed by atoms with Crippen molar-refractivity contribution in [2.45, 2.75) is 44.9 Å². The molecule has 0 atom stereocenters. The van der Waals surface area contributed by atoms with Gasteiger partial charge in [0.05, 0.1) is 0 Å². The van der Waals surface area contributed by atoms with Gasteiger partial charge in [0, 0.05) is 25.1 Å². The number of amides is 2. The van der Waals surface area contributed by atoms with Gasteiger partial charge in [-0.2, -0.15) is 0 Å². The molecule has 0 radical (unpaired) electrons. The fourth-order valence-corrected chi connectivity index (χ4v) is 2.12. The second-order valence-corrected chi connectivity index (χ2v) is 5.19. The van der Waals surface area contributed by atoms with E-state index >= 15 is 0 Å². The van der Waals surface area contributed by atoms with E-state index in [0.717, 1.165) is 49.6 Å². The van der Waals surface area contributed by atoms with E-state index in [1.54, 1.807) is 0 Å². The van der Waals surface area contributed by atoms with Crippen LogP contribution in [0.15, 0.2) is 24.3 Å². The molecule has 0 aliphatic heterocycles. The van der Waals surface area contributed by atoms with Crippen molar-refractivity contribution >= 4 is 24.3 Å². The van der Waals surface area contributed by atoms with E-state index in [0.29, 0.717) is 25.8 Å². The van der Waals surface area contributed by atoms with Gasteiger partial charge in [-0.25, -0.2) is 0 Å². The van der Waals surface area contributed by atoms with Crippen LogP contribution in [0.5, 0.6) is 0 Å². The van der Waals surface area contributed by atoms with Crippen LogP contribution in [0.25, 0.3) is 0 Å². The highest BCUT2D eigenvalue weighted by Gasteiger charge is 2.02. The van der Waals surface area contributed by atoms with Crippen LogP contribution in [0.3, 0.4) is 0 Å². The molecule has 22 heavy (non-hydrogen) atoms. The number of nitrogens with one attached hydrogen (secondary N) is 2. The highest BCUT2D eigenvalue weighted by Crippen LogP contribution is 2.11. The van der Waals surface area contributed by atoms with Gasteiger partial charge in [0.2, 0.25) is 12.3 Å². The van der Waals surface area contributed by atoms with Crippen LogP contribution in [0.4, 0.5) is 5.69 Å². The zero-order valence-electron chi connectivity index (χ0n) is 12.8. The first-order valence-electron chi connectivity index (χ1n) is 7.75. The molecule has 0 aromatic heterocycles. The Bertz CT molecular complexity index is 457. The second-order valence-electron chi connectivity index (χ2n) is 5.19. The number of benzene rings is 1. The number of carbonyl (C=O) groups is 3. The molecule has 0 bridgehead atoms. The molecule has 0 spiro atoms. The van der Waals surface area contributed by atoms with Crippen molar-refractivity contribution in [3.63, 3.8) is 0 Å². The van der Waals surface area contributed by atoms with Crippen LogP contribution in [-0.4, -0.2) is 25.1 Å². The van der Waals surface area contributed by atoms with Crippen LogP contribution >= 0.6 is 0 Å². The van der Waals surface area contributed by atoms with Crippen molar-refractivity contribution in [1.82, 2.24) is 5.32 Å². The summed E-state index contributed by atoms with van der Waals surface area (Å²) in [5.74, 6) is 0.0192. The van der Waals surface area contributed by atoms with Gasteiger partial charge in [-0.05, 0) is 37.0 Å². The zero-order valence-corrected chi connectivity index (χ0v) is 12.8. The third-order valence-electron chi connectivity index (χ3n) is 3.35. The van der Waals surface area contributed by atoms with E-state index in [-0.39, 0.29) is 5.91 Å². The standard InChI is InChI=1S/C17H24N2O3/c20-13-5-3-1-2-4-6-17(22)19-16-9-7-15(8-10-16)11-12-18-14-21/h7-10,13-14H,1-6,11-12H2,(H,18,21)(H,19,22). The van der Waals surface area contributed by atoms with Crippen molar-refractivity contribution in [3.05, 3.63) is 29.8 Å². The number of hydrogen-bond donors (Lipinski definition) is 2. The predicted octanol–water partition coefficient (Wildman–Crippen LogP) is 2.45. The summed E-state index contributed by atoms with van der Waals surface area (Å²) in [6.45, 7) is 0.610. The maximum Gasteiger partial charge on any atom is 0.224 e. The lowest BCUT2D eigenvalue weighted by Gasteiger charge is -2.06. The van der Waals surface area contributed by atoms with Gasteiger partial charge >= 0.3 is 0 Å². The van der Waals surface area contributed by atoms with Crippen LogP contribution in [0.1, 0.15) is 44.1 Å². The van der Waals surface area contributed by atoms with E-state index in [2.05, 4.69) is 10.6 Å². The van der Waals surface area contributed by atoms with Crippen LogP contribution in [0, 0.1) is 0 Å². The Kier molecular flexibility index (Phi) is 9.33. The molecular formula is C17H24N2O3. The van der Waals surface area contributed by atoms with Crippen LogP contribution in [-0.2, 0) is 20.8 Å². The average molecular weight is 304 g/mol. The van der Waals surface area contributed by atoms with Gasteiger partial charge in [0.25, 0.3) is 0 Å². The summed E-state index contributed by atoms with van der Waals surface area (Å²) in [5.41, 5.74) is 1.90. The Labute approximate surface area is 131 Å². The minimum absolute atomic E-state index is 0.0192. The molecule has 2 amide bonds. The number of anilines is 1. The van der Waals surface area contributed by atoms with Crippen molar-refractivity contribution in [3.8, 4) is 0 Å². The van der Waals surface area contributed by atoms with Gasteiger partial charge in [0.1, 0.15) is 6.29 Å². The minimum Gasteiger partial charge on any atom is -0.358 e. The quantitative estimate of drug-likeness (QED) is 0.460. The highest BCUT2D eigenvalue weighted by molar-refractivity contribution is 5.90. The van der Waals surface area contributed by atoms with E-state index < -0.39 is 0 Å². The molecule has 0 heterocycles. The molecule has 0 saturated carbocycles. The lowest BCUT2D eigenvalue weighted by molar-refractivity contribution is -0.116. The molecular weight excluding hydrogens is 280 g/mol. The van der Waals surface area contributed by atoms with Crippen molar-refractivity contribution < 1.29 is 14.4 Å². The Hall–Kier alpha value is -2.17. The molecule has 0 saturated heterocycles. The molecule has 0 fully saturated rings. The summed E-state index contributed by atoms with van der Waals surface area (Å²) < 4.78 is 0. The molecule has 1 aromatic rings. The fraction of sp³-hybridized carbons (Fsp3) is 0.471. The summed E-state index contributed by atoms with van der Waals surface area (Å²) in [5, 5.41) is 5.49. The zero-order chi connectivity index (χ0) is 16.0. The molecule has 120 valence electrons. The van der Waals surface area contributed by atoms with Gasteiger partial charge in [0.15, 0.2) is 0 Å². The molecule has 1 aromatic carbocycles. The monoisotopic (exact) mass is 304 g/mol. The van der Waals surface area contributed by atoms with Gasteiger partial charge in [-0.1, -0.05) is 25.0 Å². The number of unbranched alkanes of at least 4 members (excludes halogenated alkanes) is 4. The summed E-state index contributed by atoms with van der Waals surface area (Å²) in [6, 6.07) is 7.64. The first-order valence-corrected chi connectivity index (χ1v) is 7.75. The van der Waals surface area contributed by atoms with E-state index in [1.807, 2.05) is 24.3 Å². The molecule has 0 unspecified atom stereocenters. The number of carbonyl (C=O) groups excluding carboxylic acids is 3. The number of rotatable bonds is 12. The summed E-state index contributed by atoms with van der Waals surface area (Å²) in [4.78, 5) is 32.1. The normalized spacial score (nSPS) is 10.0. The molecule has 1 rings (SSSR count). The molecule has 0 aliphatic carbocycles. The van der Waals surface area contributed by atoms with Crippen LogP contribution < -0.4 is 10.6 Å². The van der Waals surface area contributed by atoms with E-state index in [4.69, 9.17) is 0 Å². The average Bonchev–Trinajstić information content (AvgIpc) is 2.53. The first kappa shape index (κ1) is 17.9. The first-order chi connectivity index (χ1) is 10.8. The van der Waals surface area contributed by atoms with Gasteiger partial charge in [-0.3, -0.25) is 9.59 Å². The molecule has 5 nitrogen and oxygen atoms in total. The van der Waals surface area contributed by atoms with Crippen molar-refractivity contribution in [1.29, 1.82) is 0 Å². The molecule has 5 heteroatoms. The Morgan fingerprint density at radius 2 is 1.73 bits per heavy atom. The largest absolute Gasteiger partial charge is 0.358 e. The summed E-state index contributed by atoms with van der Waals surface area (Å²) >= 11 is 0. The lowest BCUT2D eigenvalue weighted by atomic mass is 10.1. The summed E-state index contributed by atoms with van der Waals surface area (Å²) in [6.07, 6.45) is 7.24. The Morgan fingerprint density at radius 1 is 1.00 bits per heavy atom. The summed E-state index contributed by atoms with van der Waals surface area (Å²) in [7, 11) is 0. The topological polar surface area (TPSA) is 75.3 Å². The molecule has 2 N–H and O–H groups in total. The maximum atomic E-state index is 11.8. The SMILES string of the molecule is O=CCCCCCCC(=O)Nc1ccc(CCNC=O)cc1. The molecule has 0 aliphatic rings. The van der Waals surface area contributed by atoms with Gasteiger partial charge < -0.3 is 15.4 Å². The third kappa shape index (κ3) is 8.19. The smallest absolute Gasteiger partial charge is 0.224 e. The maximum absolute atomic E-state index is 11.8. The highest BCUT2D eigenvalue weighted by atomic mass is 16.1. The Morgan fingerprint density at radius 3 is 2.41 bits per heavy atom. The second kappa shape index (κ2) is 11.5.